The number of nitrogens with one attached hydrogen (secondary N) is 1. The molecule has 2 amide bonds. The minimum atomic E-state index is -0.638. The van der Waals surface area contributed by atoms with Gasteiger partial charge in [0.25, 0.3) is 0 Å². The fraction of sp³-hybridized carbons (Fsp3) is 0.405. The van der Waals surface area contributed by atoms with Crippen molar-refractivity contribution in [2.24, 2.45) is 0 Å². The number of amides is 2. The number of rotatable bonds is 12. The number of Topliss-reactive ketones (excluding diaryl/α,β-unsaturated/α-hetero) is 1. The highest BCUT2D eigenvalue weighted by Crippen LogP contribution is 2.25. The quantitative estimate of drug-likeness (QED) is 0.118. The fourth-order valence-corrected chi connectivity index (χ4v) is 5.33. The van der Waals surface area contributed by atoms with Gasteiger partial charge in [-0.3, -0.25) is 4.79 Å². The van der Waals surface area contributed by atoms with E-state index in [-0.39, 0.29) is 37.6 Å². The molecule has 0 aliphatic carbocycles. The van der Waals surface area contributed by atoms with E-state index in [2.05, 4.69) is 5.32 Å². The van der Waals surface area contributed by atoms with Gasteiger partial charge in [0.2, 0.25) is 0 Å². The predicted octanol–water partition coefficient (Wildman–Crippen LogP) is 7.36. The smallest absolute Gasteiger partial charge is 0.410 e. The van der Waals surface area contributed by atoms with Crippen molar-refractivity contribution in [1.82, 2.24) is 9.80 Å². The highest BCUT2D eigenvalue weighted by atomic mass is 35.5. The van der Waals surface area contributed by atoms with Crippen LogP contribution in [-0.2, 0) is 27.3 Å². The molecule has 1 fully saturated rings. The van der Waals surface area contributed by atoms with Crippen LogP contribution in [0.2, 0.25) is 5.02 Å². The molecule has 0 unspecified atom stereocenters. The lowest BCUT2D eigenvalue weighted by Crippen LogP contribution is -2.44. The Labute approximate surface area is 292 Å². The van der Waals surface area contributed by atoms with Gasteiger partial charge in [0.15, 0.2) is 5.78 Å². The van der Waals surface area contributed by atoms with E-state index >= 15 is 0 Å². The van der Waals surface area contributed by atoms with Crippen LogP contribution in [0.1, 0.15) is 71.9 Å². The van der Waals surface area contributed by atoms with Gasteiger partial charge in [-0.15, -0.1) is 0 Å². The van der Waals surface area contributed by atoms with E-state index in [1.165, 1.54) is 12.0 Å². The lowest BCUT2D eigenvalue weighted by Gasteiger charge is -2.33. The molecule has 1 aliphatic heterocycles. The molecule has 0 aromatic heterocycles. The first-order valence-electron chi connectivity index (χ1n) is 16.2. The molecule has 0 saturated carbocycles. The average Bonchev–Trinajstić information content (AvgIpc) is 3.07. The maximum atomic E-state index is 12.8. The summed E-state index contributed by atoms with van der Waals surface area (Å²) < 4.78 is 22.0. The summed E-state index contributed by atoms with van der Waals surface area (Å²) in [7, 11) is 2.86. The SMILES string of the molecule is COC(=O)c1cccc(NCc2ccc(OC3CCN(C(=O)OC(C)(C)C)CC3)cc2)c1CN(C)C(=O)OCCC(=O)c1ccc(Cl)cc1. The summed E-state index contributed by atoms with van der Waals surface area (Å²) >= 11 is 5.89. The Balaban J connectivity index is 1.31. The number of likely N-dealkylation sites (tertiary alicyclic amines) is 1. The molecule has 1 saturated heterocycles. The number of benzene rings is 3. The molecule has 1 N–H and O–H groups in total. The molecule has 0 spiro atoms. The number of piperidine rings is 1. The van der Waals surface area contributed by atoms with Crippen LogP contribution in [0.3, 0.4) is 0 Å². The van der Waals surface area contributed by atoms with Crippen molar-refractivity contribution in [2.75, 3.05) is 39.2 Å². The minimum absolute atomic E-state index is 0.000991. The second-order valence-electron chi connectivity index (χ2n) is 12.8. The highest BCUT2D eigenvalue weighted by Gasteiger charge is 2.28. The van der Waals surface area contributed by atoms with Crippen LogP contribution in [-0.4, -0.2) is 79.3 Å². The number of halogens is 1. The normalized spacial score (nSPS) is 13.3. The summed E-state index contributed by atoms with van der Waals surface area (Å²) in [5.74, 6) is 0.0325. The van der Waals surface area contributed by atoms with E-state index in [0.717, 1.165) is 11.3 Å². The van der Waals surface area contributed by atoms with Crippen LogP contribution < -0.4 is 10.1 Å². The summed E-state index contributed by atoms with van der Waals surface area (Å²) in [6, 6.07) is 19.4. The van der Waals surface area contributed by atoms with Crippen LogP contribution in [0.25, 0.3) is 0 Å². The molecule has 1 heterocycles. The van der Waals surface area contributed by atoms with E-state index in [1.807, 2.05) is 51.1 Å². The predicted molar refractivity (Wildman–Crippen MR) is 186 cm³/mol. The number of methoxy groups -OCH3 is 1. The second-order valence-corrected chi connectivity index (χ2v) is 13.2. The van der Waals surface area contributed by atoms with Gasteiger partial charge < -0.3 is 34.1 Å². The Morgan fingerprint density at radius 3 is 2.27 bits per heavy atom. The van der Waals surface area contributed by atoms with Crippen LogP contribution in [0, 0.1) is 0 Å². The van der Waals surface area contributed by atoms with Gasteiger partial charge in [0.05, 0.1) is 19.2 Å². The number of hydrogen-bond acceptors (Lipinski definition) is 9. The summed E-state index contributed by atoms with van der Waals surface area (Å²) in [5.41, 5.74) is 2.45. The van der Waals surface area contributed by atoms with Gasteiger partial charge in [-0.25, -0.2) is 14.4 Å². The Bertz CT molecular complexity index is 1600. The van der Waals surface area contributed by atoms with Crippen LogP contribution >= 0.6 is 11.6 Å². The van der Waals surface area contributed by atoms with Crippen molar-refractivity contribution >= 4 is 41.2 Å². The van der Waals surface area contributed by atoms with Gasteiger partial charge in [-0.1, -0.05) is 29.8 Å². The molecule has 0 radical (unpaired) electrons. The number of nitrogens with zero attached hydrogens (tertiary/aromatic N) is 2. The van der Waals surface area contributed by atoms with E-state index in [9.17, 15) is 19.2 Å². The number of carbonyl (C=O) groups excluding carboxylic acids is 4. The molecular formula is C37H44ClN3O8. The fourth-order valence-electron chi connectivity index (χ4n) is 5.21. The number of carbonyl (C=O) groups is 4. The standard InChI is InChI=1S/C37H44ClN3O8/c1-37(2,3)49-36(45)41-20-17-29(18-21-41)48-28-15-9-25(10-16-28)23-39-32-8-6-7-30(34(43)46-5)31(32)24-40(4)35(44)47-22-19-33(42)26-11-13-27(38)14-12-26/h6-16,29,39H,17-24H2,1-5H3. The van der Waals surface area contributed by atoms with Gasteiger partial charge in [-0.05, 0) is 74.9 Å². The molecule has 0 bridgehead atoms. The van der Waals surface area contributed by atoms with Crippen molar-refractivity contribution < 1.29 is 38.1 Å². The van der Waals surface area contributed by atoms with Gasteiger partial charge in [0, 0.05) is 67.8 Å². The summed E-state index contributed by atoms with van der Waals surface area (Å²) in [5, 5.41) is 3.90. The molecule has 4 rings (SSSR count). The zero-order valence-electron chi connectivity index (χ0n) is 28.6. The van der Waals surface area contributed by atoms with Crippen molar-refractivity contribution in [1.29, 1.82) is 0 Å². The van der Waals surface area contributed by atoms with E-state index in [4.69, 9.17) is 30.5 Å². The monoisotopic (exact) mass is 693 g/mol. The maximum absolute atomic E-state index is 12.8. The lowest BCUT2D eigenvalue weighted by molar-refractivity contribution is 0.0126. The highest BCUT2D eigenvalue weighted by molar-refractivity contribution is 6.30. The van der Waals surface area contributed by atoms with Crippen LogP contribution in [0.15, 0.2) is 66.7 Å². The van der Waals surface area contributed by atoms with Crippen LogP contribution in [0.4, 0.5) is 15.3 Å². The summed E-state index contributed by atoms with van der Waals surface area (Å²) in [4.78, 5) is 53.3. The molecule has 262 valence electrons. The van der Waals surface area contributed by atoms with Crippen LogP contribution in [0.5, 0.6) is 5.75 Å². The zero-order chi connectivity index (χ0) is 35.6. The lowest BCUT2D eigenvalue weighted by atomic mass is 10.0. The first-order valence-corrected chi connectivity index (χ1v) is 16.5. The summed E-state index contributed by atoms with van der Waals surface area (Å²) in [6.45, 7) is 7.11. The van der Waals surface area contributed by atoms with Crippen molar-refractivity contribution in [3.63, 3.8) is 0 Å². The third kappa shape index (κ3) is 11.1. The Morgan fingerprint density at radius 1 is 0.959 bits per heavy atom. The topological polar surface area (TPSA) is 124 Å². The number of hydrogen-bond donors (Lipinski definition) is 1. The zero-order valence-corrected chi connectivity index (χ0v) is 29.4. The molecule has 3 aromatic carbocycles. The van der Waals surface area contributed by atoms with Gasteiger partial charge >= 0.3 is 18.2 Å². The molecule has 12 heteroatoms. The molecular weight excluding hydrogens is 650 g/mol. The van der Waals surface area contributed by atoms with Crippen molar-refractivity contribution in [3.05, 3.63) is 94.0 Å². The molecule has 11 nitrogen and oxygen atoms in total. The first-order chi connectivity index (χ1) is 23.3. The Kier molecular flexibility index (Phi) is 12.9. The van der Waals surface area contributed by atoms with E-state index < -0.39 is 17.7 Å². The molecule has 49 heavy (non-hydrogen) atoms. The van der Waals surface area contributed by atoms with Gasteiger partial charge in [-0.2, -0.15) is 0 Å². The van der Waals surface area contributed by atoms with Crippen molar-refractivity contribution in [2.45, 2.75) is 64.8 Å². The Hall–Kier alpha value is -4.77. The van der Waals surface area contributed by atoms with Crippen molar-refractivity contribution in [3.8, 4) is 5.75 Å². The third-order valence-corrected chi connectivity index (χ3v) is 8.06. The first kappa shape index (κ1) is 37.1. The third-order valence-electron chi connectivity index (χ3n) is 7.81. The summed E-state index contributed by atoms with van der Waals surface area (Å²) in [6.07, 6.45) is 0.508. The number of anilines is 1. The maximum Gasteiger partial charge on any atom is 0.410 e. The Morgan fingerprint density at radius 2 is 1.63 bits per heavy atom. The number of ether oxygens (including phenoxy) is 4. The number of esters is 1. The van der Waals surface area contributed by atoms with E-state index in [1.54, 1.807) is 48.3 Å². The molecule has 3 aromatic rings. The van der Waals surface area contributed by atoms with E-state index in [0.29, 0.717) is 59.9 Å². The molecule has 1 aliphatic rings. The largest absolute Gasteiger partial charge is 0.490 e. The minimum Gasteiger partial charge on any atom is -0.490 e. The van der Waals surface area contributed by atoms with Gasteiger partial charge in [0.1, 0.15) is 24.1 Å². The molecule has 0 atom stereocenters. The second kappa shape index (κ2) is 17.1. The number of ketones is 1. The average molecular weight is 694 g/mol.